The van der Waals surface area contributed by atoms with E-state index in [9.17, 15) is 4.79 Å². The number of imidazole rings is 1. The van der Waals surface area contributed by atoms with E-state index in [0.717, 1.165) is 16.8 Å². The summed E-state index contributed by atoms with van der Waals surface area (Å²) in [4.78, 5) is 15.6. The third kappa shape index (κ3) is 2.57. The van der Waals surface area contributed by atoms with Crippen molar-refractivity contribution < 1.29 is 4.79 Å². The molecule has 1 aliphatic heterocycles. The van der Waals surface area contributed by atoms with Crippen LogP contribution in [-0.4, -0.2) is 15.6 Å². The molecule has 1 unspecified atom stereocenters. The summed E-state index contributed by atoms with van der Waals surface area (Å²) < 4.78 is 2.09. The van der Waals surface area contributed by atoms with E-state index in [1.807, 2.05) is 36.8 Å². The first-order chi connectivity index (χ1) is 11.3. The number of hydrogen-bond acceptors (Lipinski definition) is 2. The summed E-state index contributed by atoms with van der Waals surface area (Å²) in [6.07, 6.45) is 5.59. The van der Waals surface area contributed by atoms with Gasteiger partial charge in [-0.3, -0.25) is 0 Å². The number of carbonyl (C=O) groups is 1. The number of aromatic nitrogens is 2. The van der Waals surface area contributed by atoms with Gasteiger partial charge in [0.25, 0.3) is 0 Å². The summed E-state index contributed by atoms with van der Waals surface area (Å²) in [6.45, 7) is 0.542. The van der Waals surface area contributed by atoms with E-state index < -0.39 is 0 Å². The Morgan fingerprint density at radius 2 is 1.96 bits per heavy atom. The molecule has 5 nitrogen and oxygen atoms in total. The molecule has 2 N–H and O–H groups in total. The summed E-state index contributed by atoms with van der Waals surface area (Å²) in [6, 6.07) is 16.4. The smallest absolute Gasteiger partial charge is 0.319 e. The number of carbonyl (C=O) groups excluding carboxylic acids is 1. The zero-order valence-corrected chi connectivity index (χ0v) is 12.4. The van der Waals surface area contributed by atoms with E-state index >= 15 is 0 Å². The lowest BCUT2D eigenvalue weighted by Crippen LogP contribution is -2.33. The van der Waals surface area contributed by atoms with Gasteiger partial charge in [0, 0.05) is 24.6 Å². The van der Waals surface area contributed by atoms with Crippen molar-refractivity contribution in [1.82, 2.24) is 14.9 Å². The molecule has 3 aromatic rings. The zero-order valence-electron chi connectivity index (χ0n) is 12.4. The number of anilines is 1. The average molecular weight is 304 g/mol. The Morgan fingerprint density at radius 1 is 1.09 bits per heavy atom. The SMILES string of the molecule is O=C1NCc2cc(C(c3ccccc3)n3ccnc3)ccc2N1. The number of urea groups is 1. The maximum Gasteiger partial charge on any atom is 0.319 e. The fraction of sp³-hybridized carbons (Fsp3) is 0.111. The molecule has 0 spiro atoms. The molecule has 0 radical (unpaired) electrons. The van der Waals surface area contributed by atoms with Crippen molar-refractivity contribution in [1.29, 1.82) is 0 Å². The van der Waals surface area contributed by atoms with Crippen molar-refractivity contribution in [3.63, 3.8) is 0 Å². The van der Waals surface area contributed by atoms with Gasteiger partial charge in [-0.25, -0.2) is 9.78 Å². The Balaban J connectivity index is 1.80. The van der Waals surface area contributed by atoms with E-state index in [1.54, 1.807) is 6.20 Å². The van der Waals surface area contributed by atoms with Gasteiger partial charge in [0.1, 0.15) is 0 Å². The van der Waals surface area contributed by atoms with Gasteiger partial charge in [-0.1, -0.05) is 36.4 Å². The second kappa shape index (κ2) is 5.61. The molecule has 4 rings (SSSR count). The summed E-state index contributed by atoms with van der Waals surface area (Å²) in [5, 5.41) is 5.64. The van der Waals surface area contributed by atoms with Gasteiger partial charge >= 0.3 is 6.03 Å². The lowest BCUT2D eigenvalue weighted by Gasteiger charge is -2.23. The number of benzene rings is 2. The number of rotatable bonds is 3. The lowest BCUT2D eigenvalue weighted by molar-refractivity contribution is 0.251. The van der Waals surface area contributed by atoms with Crippen LogP contribution in [0.4, 0.5) is 10.5 Å². The molecule has 5 heteroatoms. The fourth-order valence-corrected chi connectivity index (χ4v) is 2.99. The standard InChI is InChI=1S/C18H16N4O/c23-18-20-11-15-10-14(6-7-16(15)21-18)17(22-9-8-19-12-22)13-4-2-1-3-5-13/h1-10,12,17H,11H2,(H2,20,21,23). The van der Waals surface area contributed by atoms with Gasteiger partial charge in [0.2, 0.25) is 0 Å². The molecule has 2 aromatic carbocycles. The van der Waals surface area contributed by atoms with Crippen LogP contribution in [0, 0.1) is 0 Å². The maximum atomic E-state index is 11.4. The van der Waals surface area contributed by atoms with Crippen LogP contribution in [0.15, 0.2) is 67.3 Å². The minimum absolute atomic E-state index is 0.0571. The fourth-order valence-electron chi connectivity index (χ4n) is 2.99. The van der Waals surface area contributed by atoms with Gasteiger partial charge in [0.15, 0.2) is 0 Å². The highest BCUT2D eigenvalue weighted by atomic mass is 16.2. The van der Waals surface area contributed by atoms with Crippen molar-refractivity contribution in [2.75, 3.05) is 5.32 Å². The van der Waals surface area contributed by atoms with Gasteiger partial charge in [-0.05, 0) is 28.8 Å². The van der Waals surface area contributed by atoms with Gasteiger partial charge in [-0.2, -0.15) is 0 Å². The average Bonchev–Trinajstić information content (AvgIpc) is 3.10. The number of amides is 2. The molecule has 23 heavy (non-hydrogen) atoms. The van der Waals surface area contributed by atoms with Gasteiger partial charge in [0.05, 0.1) is 12.4 Å². The molecule has 1 aromatic heterocycles. The summed E-state index contributed by atoms with van der Waals surface area (Å²) in [5.41, 5.74) is 4.31. The molecule has 2 heterocycles. The van der Waals surface area contributed by atoms with Crippen LogP contribution in [0.3, 0.4) is 0 Å². The number of nitrogens with one attached hydrogen (secondary N) is 2. The highest BCUT2D eigenvalue weighted by Crippen LogP contribution is 2.30. The van der Waals surface area contributed by atoms with Gasteiger partial charge in [-0.15, -0.1) is 0 Å². The molecular weight excluding hydrogens is 288 g/mol. The molecule has 1 atom stereocenters. The summed E-state index contributed by atoms with van der Waals surface area (Å²) in [5.74, 6) is 0. The zero-order chi connectivity index (χ0) is 15.6. The molecular formula is C18H16N4O. The second-order valence-corrected chi connectivity index (χ2v) is 5.55. The van der Waals surface area contributed by atoms with Crippen molar-refractivity contribution in [3.8, 4) is 0 Å². The van der Waals surface area contributed by atoms with Crippen molar-refractivity contribution in [3.05, 3.63) is 83.9 Å². The summed E-state index contributed by atoms with van der Waals surface area (Å²) >= 11 is 0. The molecule has 0 fully saturated rings. The quantitative estimate of drug-likeness (QED) is 0.781. The van der Waals surface area contributed by atoms with Crippen LogP contribution in [0.5, 0.6) is 0 Å². The van der Waals surface area contributed by atoms with Crippen molar-refractivity contribution in [2.45, 2.75) is 12.6 Å². The first-order valence-corrected chi connectivity index (χ1v) is 7.51. The number of fused-ring (bicyclic) bond motifs is 1. The van der Waals surface area contributed by atoms with E-state index in [4.69, 9.17) is 0 Å². The maximum absolute atomic E-state index is 11.4. The number of nitrogens with zero attached hydrogens (tertiary/aromatic N) is 2. The van der Waals surface area contributed by atoms with Crippen molar-refractivity contribution in [2.24, 2.45) is 0 Å². The van der Waals surface area contributed by atoms with Crippen molar-refractivity contribution >= 4 is 11.7 Å². The largest absolute Gasteiger partial charge is 0.334 e. The Labute approximate surface area is 134 Å². The predicted octanol–water partition coefficient (Wildman–Crippen LogP) is 3.16. The summed E-state index contributed by atoms with van der Waals surface area (Å²) in [7, 11) is 0. The Morgan fingerprint density at radius 3 is 2.74 bits per heavy atom. The Hall–Kier alpha value is -3.08. The highest BCUT2D eigenvalue weighted by Gasteiger charge is 2.19. The first-order valence-electron chi connectivity index (χ1n) is 7.51. The number of hydrogen-bond donors (Lipinski definition) is 2. The third-order valence-corrected chi connectivity index (χ3v) is 4.07. The van der Waals surface area contributed by atoms with Crippen LogP contribution in [0.1, 0.15) is 22.7 Å². The Bertz CT molecular complexity index is 827. The Kier molecular flexibility index (Phi) is 3.31. The minimum atomic E-state index is -0.153. The monoisotopic (exact) mass is 304 g/mol. The molecule has 0 saturated heterocycles. The lowest BCUT2D eigenvalue weighted by atomic mass is 9.95. The molecule has 114 valence electrons. The van der Waals surface area contributed by atoms with E-state index in [0.29, 0.717) is 6.54 Å². The van der Waals surface area contributed by atoms with E-state index in [2.05, 4.69) is 44.5 Å². The normalized spacial score (nSPS) is 14.5. The minimum Gasteiger partial charge on any atom is -0.334 e. The highest BCUT2D eigenvalue weighted by molar-refractivity contribution is 5.92. The first kappa shape index (κ1) is 13.6. The molecule has 0 bridgehead atoms. The van der Waals surface area contributed by atoms with Crippen LogP contribution < -0.4 is 10.6 Å². The molecule has 2 amide bonds. The van der Waals surface area contributed by atoms with E-state index in [-0.39, 0.29) is 12.1 Å². The van der Waals surface area contributed by atoms with Crippen LogP contribution >= 0.6 is 0 Å². The molecule has 0 aliphatic carbocycles. The van der Waals surface area contributed by atoms with Crippen LogP contribution in [0.2, 0.25) is 0 Å². The predicted molar refractivity (Wildman–Crippen MR) is 88.2 cm³/mol. The third-order valence-electron chi connectivity index (χ3n) is 4.07. The topological polar surface area (TPSA) is 59.0 Å². The van der Waals surface area contributed by atoms with Crippen LogP contribution in [-0.2, 0) is 6.54 Å². The van der Waals surface area contributed by atoms with E-state index in [1.165, 1.54) is 5.56 Å². The van der Waals surface area contributed by atoms with Gasteiger partial charge < -0.3 is 15.2 Å². The molecule has 1 aliphatic rings. The molecule has 0 saturated carbocycles. The van der Waals surface area contributed by atoms with Crippen LogP contribution in [0.25, 0.3) is 0 Å². The second-order valence-electron chi connectivity index (χ2n) is 5.55.